The molecule has 0 amide bonds. The summed E-state index contributed by atoms with van der Waals surface area (Å²) in [7, 11) is 0. The van der Waals surface area contributed by atoms with Crippen molar-refractivity contribution in [2.45, 2.75) is 39.2 Å². The Kier molecular flexibility index (Phi) is 2.36. The third kappa shape index (κ3) is 1.49. The standard InChI is InChI=1S/C12H15BrO2/c1-6-7(2)11(14)10(13)8(3)9(6)12(15)4-5-12/h14-15H,4-5H2,1-3H3. The Morgan fingerprint density at radius 2 is 1.60 bits per heavy atom. The van der Waals surface area contributed by atoms with Crippen LogP contribution in [-0.2, 0) is 5.60 Å². The fraction of sp³-hybridized carbons (Fsp3) is 0.500. The van der Waals surface area contributed by atoms with E-state index in [-0.39, 0.29) is 5.75 Å². The van der Waals surface area contributed by atoms with Crippen molar-refractivity contribution in [2.75, 3.05) is 0 Å². The molecule has 3 heteroatoms. The number of benzene rings is 1. The van der Waals surface area contributed by atoms with Crippen molar-refractivity contribution in [1.29, 1.82) is 0 Å². The predicted octanol–water partition coefficient (Wildman–Crippen LogP) is 3.06. The summed E-state index contributed by atoms with van der Waals surface area (Å²) >= 11 is 3.37. The van der Waals surface area contributed by atoms with Gasteiger partial charge in [0.15, 0.2) is 0 Å². The molecule has 1 aliphatic rings. The van der Waals surface area contributed by atoms with Gasteiger partial charge in [-0.2, -0.15) is 0 Å². The Bertz CT molecular complexity index is 405. The lowest BCUT2D eigenvalue weighted by Gasteiger charge is -2.20. The van der Waals surface area contributed by atoms with E-state index < -0.39 is 5.60 Å². The molecule has 0 saturated heterocycles. The van der Waals surface area contributed by atoms with E-state index in [9.17, 15) is 10.2 Å². The second-order valence-electron chi connectivity index (χ2n) is 4.44. The summed E-state index contributed by atoms with van der Waals surface area (Å²) in [5.74, 6) is 0.290. The smallest absolute Gasteiger partial charge is 0.133 e. The van der Waals surface area contributed by atoms with Gasteiger partial charge < -0.3 is 10.2 Å². The molecule has 2 rings (SSSR count). The summed E-state index contributed by atoms with van der Waals surface area (Å²) in [6, 6.07) is 0. The van der Waals surface area contributed by atoms with Gasteiger partial charge in [-0.25, -0.2) is 0 Å². The van der Waals surface area contributed by atoms with E-state index >= 15 is 0 Å². The lowest BCUT2D eigenvalue weighted by Crippen LogP contribution is -2.11. The van der Waals surface area contributed by atoms with Crippen molar-refractivity contribution < 1.29 is 10.2 Å². The van der Waals surface area contributed by atoms with Crippen LogP contribution in [-0.4, -0.2) is 10.2 Å². The number of hydrogen-bond donors (Lipinski definition) is 2. The molecule has 1 saturated carbocycles. The summed E-state index contributed by atoms with van der Waals surface area (Å²) in [5, 5.41) is 20.0. The Labute approximate surface area is 98.1 Å². The molecule has 0 heterocycles. The first-order chi connectivity index (χ1) is 6.88. The van der Waals surface area contributed by atoms with Crippen LogP contribution in [0.25, 0.3) is 0 Å². The number of halogens is 1. The van der Waals surface area contributed by atoms with E-state index in [1.165, 1.54) is 0 Å². The van der Waals surface area contributed by atoms with E-state index in [0.717, 1.165) is 35.1 Å². The summed E-state index contributed by atoms with van der Waals surface area (Å²) in [6.45, 7) is 5.77. The van der Waals surface area contributed by atoms with Crippen LogP contribution in [0.4, 0.5) is 0 Å². The maximum atomic E-state index is 10.2. The second kappa shape index (κ2) is 3.22. The van der Waals surface area contributed by atoms with Crippen molar-refractivity contribution in [2.24, 2.45) is 0 Å². The van der Waals surface area contributed by atoms with Gasteiger partial charge in [-0.15, -0.1) is 0 Å². The lowest BCUT2D eigenvalue weighted by atomic mass is 9.92. The van der Waals surface area contributed by atoms with Gasteiger partial charge in [0.1, 0.15) is 5.75 Å². The summed E-state index contributed by atoms with van der Waals surface area (Å²) in [5.41, 5.74) is 3.16. The van der Waals surface area contributed by atoms with Crippen molar-refractivity contribution in [3.63, 3.8) is 0 Å². The Morgan fingerprint density at radius 3 is 2.07 bits per heavy atom. The zero-order chi connectivity index (χ0) is 11.4. The number of phenolic OH excluding ortho intramolecular Hbond substituents is 1. The van der Waals surface area contributed by atoms with E-state index in [1.54, 1.807) is 0 Å². The van der Waals surface area contributed by atoms with Crippen LogP contribution < -0.4 is 0 Å². The Hall–Kier alpha value is -0.540. The molecule has 1 aromatic rings. The first-order valence-corrected chi connectivity index (χ1v) is 5.89. The fourth-order valence-electron chi connectivity index (χ4n) is 2.16. The number of phenols is 1. The first kappa shape index (κ1) is 11.0. The number of hydrogen-bond acceptors (Lipinski definition) is 2. The van der Waals surface area contributed by atoms with E-state index in [2.05, 4.69) is 15.9 Å². The zero-order valence-electron chi connectivity index (χ0n) is 9.19. The number of aliphatic hydroxyl groups is 1. The average molecular weight is 271 g/mol. The number of rotatable bonds is 1. The maximum absolute atomic E-state index is 10.2. The molecular weight excluding hydrogens is 256 g/mol. The molecule has 82 valence electrons. The van der Waals surface area contributed by atoms with Crippen molar-refractivity contribution in [1.82, 2.24) is 0 Å². The minimum absolute atomic E-state index is 0.290. The molecule has 1 aromatic carbocycles. The van der Waals surface area contributed by atoms with E-state index in [1.807, 2.05) is 20.8 Å². The maximum Gasteiger partial charge on any atom is 0.133 e. The normalized spacial score (nSPS) is 17.9. The summed E-state index contributed by atoms with van der Waals surface area (Å²) in [4.78, 5) is 0. The SMILES string of the molecule is Cc1c(C)c(C2(O)CC2)c(C)c(Br)c1O. The molecule has 0 aliphatic heterocycles. The van der Waals surface area contributed by atoms with Crippen molar-refractivity contribution in [3.8, 4) is 5.75 Å². The molecule has 0 bridgehead atoms. The van der Waals surface area contributed by atoms with Crippen LogP contribution in [0.1, 0.15) is 35.1 Å². The van der Waals surface area contributed by atoms with Gasteiger partial charge in [-0.3, -0.25) is 0 Å². The largest absolute Gasteiger partial charge is 0.506 e. The number of aromatic hydroxyl groups is 1. The molecule has 0 spiro atoms. The van der Waals surface area contributed by atoms with Crippen molar-refractivity contribution >= 4 is 15.9 Å². The minimum atomic E-state index is -0.644. The van der Waals surface area contributed by atoms with Crippen LogP contribution in [0.3, 0.4) is 0 Å². The third-order valence-electron chi connectivity index (χ3n) is 3.39. The van der Waals surface area contributed by atoms with Crippen LogP contribution in [0, 0.1) is 20.8 Å². The molecule has 0 radical (unpaired) electrons. The van der Waals surface area contributed by atoms with Crippen molar-refractivity contribution in [3.05, 3.63) is 26.7 Å². The Morgan fingerprint density at radius 1 is 1.07 bits per heavy atom. The highest BCUT2D eigenvalue weighted by molar-refractivity contribution is 9.10. The van der Waals surface area contributed by atoms with Crippen LogP contribution in [0.5, 0.6) is 5.75 Å². The van der Waals surface area contributed by atoms with Gasteiger partial charge in [0, 0.05) is 0 Å². The quantitative estimate of drug-likeness (QED) is 0.824. The van der Waals surface area contributed by atoms with Gasteiger partial charge in [-0.1, -0.05) is 0 Å². The molecule has 0 aromatic heterocycles. The average Bonchev–Trinajstić information content (AvgIpc) is 2.91. The predicted molar refractivity (Wildman–Crippen MR) is 63.1 cm³/mol. The molecule has 0 atom stereocenters. The molecule has 15 heavy (non-hydrogen) atoms. The highest BCUT2D eigenvalue weighted by Crippen LogP contribution is 2.51. The minimum Gasteiger partial charge on any atom is -0.506 e. The monoisotopic (exact) mass is 270 g/mol. The molecule has 1 aliphatic carbocycles. The highest BCUT2D eigenvalue weighted by atomic mass is 79.9. The Balaban J connectivity index is 2.74. The van der Waals surface area contributed by atoms with Gasteiger partial charge in [0.2, 0.25) is 0 Å². The summed E-state index contributed by atoms with van der Waals surface area (Å²) < 4.78 is 0.709. The molecule has 0 unspecified atom stereocenters. The second-order valence-corrected chi connectivity index (χ2v) is 5.24. The molecule has 2 N–H and O–H groups in total. The van der Waals surface area contributed by atoms with Gasteiger partial charge in [0.05, 0.1) is 10.1 Å². The van der Waals surface area contributed by atoms with E-state index in [0.29, 0.717) is 4.47 Å². The van der Waals surface area contributed by atoms with E-state index in [4.69, 9.17) is 0 Å². The fourth-order valence-corrected chi connectivity index (χ4v) is 2.66. The molecule has 2 nitrogen and oxygen atoms in total. The third-order valence-corrected chi connectivity index (χ3v) is 4.36. The lowest BCUT2D eigenvalue weighted by molar-refractivity contribution is 0.149. The topological polar surface area (TPSA) is 40.5 Å². The van der Waals surface area contributed by atoms with Gasteiger partial charge in [0.25, 0.3) is 0 Å². The zero-order valence-corrected chi connectivity index (χ0v) is 10.8. The summed E-state index contributed by atoms with van der Waals surface area (Å²) in [6.07, 6.45) is 1.65. The first-order valence-electron chi connectivity index (χ1n) is 5.09. The highest BCUT2D eigenvalue weighted by Gasteiger charge is 2.45. The van der Waals surface area contributed by atoms with Crippen LogP contribution in [0.15, 0.2) is 4.47 Å². The van der Waals surface area contributed by atoms with Gasteiger partial charge >= 0.3 is 0 Å². The van der Waals surface area contributed by atoms with Gasteiger partial charge in [-0.05, 0) is 71.8 Å². The molecular formula is C12H15BrO2. The molecule has 1 fully saturated rings. The van der Waals surface area contributed by atoms with Crippen LogP contribution in [0.2, 0.25) is 0 Å². The van der Waals surface area contributed by atoms with Crippen LogP contribution >= 0.6 is 15.9 Å².